The van der Waals surface area contributed by atoms with Crippen molar-refractivity contribution in [3.05, 3.63) is 18.5 Å². The van der Waals surface area contributed by atoms with Crippen LogP contribution in [0.15, 0.2) is 23.4 Å². The Bertz CT molecular complexity index is 482. The molecule has 88 valence electrons. The van der Waals surface area contributed by atoms with Gasteiger partial charge in [0.25, 0.3) is 0 Å². The van der Waals surface area contributed by atoms with Gasteiger partial charge in [-0.2, -0.15) is 4.31 Å². The molecule has 16 heavy (non-hydrogen) atoms. The number of carbonyl (C=O) groups is 1. The molecule has 1 aliphatic rings. The summed E-state index contributed by atoms with van der Waals surface area (Å²) in [6.07, 6.45) is 2.84. The van der Waals surface area contributed by atoms with Crippen molar-refractivity contribution in [2.24, 2.45) is 0 Å². The third kappa shape index (κ3) is 1.83. The summed E-state index contributed by atoms with van der Waals surface area (Å²) in [5.41, 5.74) is 0. The molecule has 0 radical (unpaired) electrons. The molecule has 0 saturated carbocycles. The zero-order valence-corrected chi connectivity index (χ0v) is 9.79. The number of aliphatic carboxylic acids is 1. The number of nitrogens with zero attached hydrogens (tertiary/aromatic N) is 1. The van der Waals surface area contributed by atoms with Crippen LogP contribution in [0, 0.1) is 0 Å². The molecule has 0 unspecified atom stereocenters. The maximum atomic E-state index is 12.0. The topological polar surface area (TPSA) is 90.5 Å². The Morgan fingerprint density at radius 2 is 2.38 bits per heavy atom. The molecule has 2 heterocycles. The number of hydrogen-bond donors (Lipinski definition) is 2. The fourth-order valence-corrected chi connectivity index (χ4v) is 4.57. The summed E-state index contributed by atoms with van der Waals surface area (Å²) >= 11 is 1.30. The second-order valence-electron chi connectivity index (χ2n) is 3.29. The first kappa shape index (κ1) is 11.5. The fraction of sp³-hybridized carbons (Fsp3) is 0.375. The van der Waals surface area contributed by atoms with Gasteiger partial charge in [0.05, 0.1) is 10.8 Å². The Kier molecular flexibility index (Phi) is 2.96. The van der Waals surface area contributed by atoms with Gasteiger partial charge in [0.1, 0.15) is 6.04 Å². The van der Waals surface area contributed by atoms with Crippen molar-refractivity contribution in [1.82, 2.24) is 9.29 Å². The van der Waals surface area contributed by atoms with Crippen LogP contribution in [0.5, 0.6) is 0 Å². The lowest BCUT2D eigenvalue weighted by Crippen LogP contribution is -2.41. The van der Waals surface area contributed by atoms with E-state index in [0.717, 1.165) is 4.31 Å². The van der Waals surface area contributed by atoms with Crippen LogP contribution in [0.2, 0.25) is 0 Å². The second kappa shape index (κ2) is 4.11. The predicted octanol–water partition coefficient (Wildman–Crippen LogP) is 0.163. The van der Waals surface area contributed by atoms with Crippen molar-refractivity contribution in [2.75, 3.05) is 11.6 Å². The number of nitrogens with one attached hydrogen (secondary N) is 1. The van der Waals surface area contributed by atoms with Gasteiger partial charge in [-0.15, -0.1) is 11.8 Å². The van der Waals surface area contributed by atoms with E-state index in [0.29, 0.717) is 5.75 Å². The first-order valence-corrected chi connectivity index (χ1v) is 7.08. The molecule has 0 aromatic carbocycles. The minimum Gasteiger partial charge on any atom is -0.480 e. The molecule has 1 aromatic rings. The number of carboxylic acids is 1. The van der Waals surface area contributed by atoms with Crippen LogP contribution in [-0.4, -0.2) is 46.5 Å². The van der Waals surface area contributed by atoms with E-state index in [4.69, 9.17) is 5.11 Å². The van der Waals surface area contributed by atoms with Crippen LogP contribution in [-0.2, 0) is 14.8 Å². The summed E-state index contributed by atoms with van der Waals surface area (Å²) in [6, 6.07) is 0.446. The minimum atomic E-state index is -3.69. The van der Waals surface area contributed by atoms with Crippen LogP contribution in [0.1, 0.15) is 0 Å². The van der Waals surface area contributed by atoms with Crippen molar-refractivity contribution in [2.45, 2.75) is 10.9 Å². The average Bonchev–Trinajstić information content (AvgIpc) is 2.89. The van der Waals surface area contributed by atoms with Gasteiger partial charge in [0.15, 0.2) is 0 Å². The summed E-state index contributed by atoms with van der Waals surface area (Å²) < 4.78 is 25.1. The Balaban J connectivity index is 2.34. The zero-order chi connectivity index (χ0) is 11.8. The highest BCUT2D eigenvalue weighted by Crippen LogP contribution is 2.28. The van der Waals surface area contributed by atoms with E-state index in [1.165, 1.54) is 30.2 Å². The first-order valence-electron chi connectivity index (χ1n) is 4.48. The predicted molar refractivity (Wildman–Crippen MR) is 58.6 cm³/mol. The van der Waals surface area contributed by atoms with E-state index in [2.05, 4.69) is 4.98 Å². The lowest BCUT2D eigenvalue weighted by molar-refractivity contribution is -0.140. The second-order valence-corrected chi connectivity index (χ2v) is 6.18. The fourth-order valence-electron chi connectivity index (χ4n) is 1.46. The molecule has 0 amide bonds. The number of thioether (sulfide) groups is 1. The number of H-pyrrole nitrogens is 1. The minimum absolute atomic E-state index is 0.0984. The number of sulfonamides is 1. The molecule has 1 atom stereocenters. The van der Waals surface area contributed by atoms with E-state index in [1.54, 1.807) is 0 Å². The van der Waals surface area contributed by atoms with Crippen LogP contribution >= 0.6 is 11.8 Å². The summed E-state index contributed by atoms with van der Waals surface area (Å²) in [5.74, 6) is -0.632. The quantitative estimate of drug-likeness (QED) is 0.810. The van der Waals surface area contributed by atoms with Gasteiger partial charge in [-0.05, 0) is 6.07 Å². The zero-order valence-electron chi connectivity index (χ0n) is 8.16. The van der Waals surface area contributed by atoms with Crippen molar-refractivity contribution >= 4 is 27.8 Å². The number of aromatic amines is 1. The number of carboxylic acid groups (broad SMARTS) is 1. The van der Waals surface area contributed by atoms with E-state index in [1.807, 2.05) is 0 Å². The van der Waals surface area contributed by atoms with Gasteiger partial charge in [0.2, 0.25) is 10.0 Å². The monoisotopic (exact) mass is 262 g/mol. The van der Waals surface area contributed by atoms with Crippen molar-refractivity contribution in [1.29, 1.82) is 0 Å². The number of hydrogen-bond acceptors (Lipinski definition) is 4. The van der Waals surface area contributed by atoms with Crippen LogP contribution in [0.4, 0.5) is 0 Å². The largest absolute Gasteiger partial charge is 0.480 e. The summed E-state index contributed by atoms with van der Waals surface area (Å²) in [7, 11) is -3.69. The van der Waals surface area contributed by atoms with Gasteiger partial charge >= 0.3 is 5.97 Å². The highest BCUT2D eigenvalue weighted by Gasteiger charge is 2.40. The summed E-state index contributed by atoms with van der Waals surface area (Å²) in [4.78, 5) is 13.6. The van der Waals surface area contributed by atoms with E-state index in [-0.39, 0.29) is 10.8 Å². The molecule has 1 aromatic heterocycles. The SMILES string of the molecule is O=C(O)[C@@H]1CSCN1S(=O)(=O)c1cc[nH]c1. The Labute approximate surface area is 96.7 Å². The first-order chi connectivity index (χ1) is 7.53. The lowest BCUT2D eigenvalue weighted by Gasteiger charge is -2.18. The molecule has 2 rings (SSSR count). The molecule has 1 saturated heterocycles. The molecule has 8 heteroatoms. The third-order valence-corrected chi connectivity index (χ3v) is 5.33. The van der Waals surface area contributed by atoms with Gasteiger partial charge in [-0.1, -0.05) is 0 Å². The van der Waals surface area contributed by atoms with Crippen LogP contribution in [0.3, 0.4) is 0 Å². The molecule has 2 N–H and O–H groups in total. The Hall–Kier alpha value is -0.990. The standard InChI is InChI=1S/C8H10N2O4S2/c11-8(12)7-4-15-5-10(7)16(13,14)6-1-2-9-3-6/h1-3,7,9H,4-5H2,(H,11,12)/t7-/m0/s1. The van der Waals surface area contributed by atoms with Crippen molar-refractivity contribution in [3.8, 4) is 0 Å². The smallest absolute Gasteiger partial charge is 0.322 e. The third-order valence-electron chi connectivity index (χ3n) is 2.30. The van der Waals surface area contributed by atoms with Crippen molar-refractivity contribution in [3.63, 3.8) is 0 Å². The highest BCUT2D eigenvalue weighted by atomic mass is 32.2. The molecule has 0 spiro atoms. The Morgan fingerprint density at radius 3 is 2.94 bits per heavy atom. The molecular weight excluding hydrogens is 252 g/mol. The Morgan fingerprint density at radius 1 is 1.62 bits per heavy atom. The lowest BCUT2D eigenvalue weighted by atomic mass is 10.4. The van der Waals surface area contributed by atoms with E-state index < -0.39 is 22.0 Å². The van der Waals surface area contributed by atoms with Gasteiger partial charge in [-0.3, -0.25) is 4.79 Å². The van der Waals surface area contributed by atoms with Crippen LogP contribution < -0.4 is 0 Å². The molecule has 1 fully saturated rings. The molecule has 0 aliphatic carbocycles. The molecule has 1 aliphatic heterocycles. The normalized spacial score (nSPS) is 22.4. The van der Waals surface area contributed by atoms with Crippen LogP contribution in [0.25, 0.3) is 0 Å². The maximum absolute atomic E-state index is 12.0. The highest BCUT2D eigenvalue weighted by molar-refractivity contribution is 8.00. The summed E-state index contributed by atoms with van der Waals surface area (Å²) in [6.45, 7) is 0. The van der Waals surface area contributed by atoms with Crippen molar-refractivity contribution < 1.29 is 18.3 Å². The van der Waals surface area contributed by atoms with Gasteiger partial charge in [0, 0.05) is 18.1 Å². The number of aromatic nitrogens is 1. The molecule has 0 bridgehead atoms. The molecule has 6 nitrogen and oxygen atoms in total. The van der Waals surface area contributed by atoms with Gasteiger partial charge in [-0.25, -0.2) is 8.42 Å². The maximum Gasteiger partial charge on any atom is 0.322 e. The summed E-state index contributed by atoms with van der Waals surface area (Å²) in [5, 5.41) is 8.92. The number of rotatable bonds is 3. The van der Waals surface area contributed by atoms with E-state index >= 15 is 0 Å². The average molecular weight is 262 g/mol. The molecular formula is C8H10N2O4S2. The van der Waals surface area contributed by atoms with E-state index in [9.17, 15) is 13.2 Å². The van der Waals surface area contributed by atoms with Gasteiger partial charge < -0.3 is 10.1 Å².